The van der Waals surface area contributed by atoms with Crippen molar-refractivity contribution in [3.63, 3.8) is 0 Å². The van der Waals surface area contributed by atoms with Crippen molar-refractivity contribution in [3.8, 4) is 11.8 Å². The van der Waals surface area contributed by atoms with E-state index in [9.17, 15) is 0 Å². The quantitative estimate of drug-likeness (QED) is 0.760. The molecule has 19 heavy (non-hydrogen) atoms. The maximum absolute atomic E-state index is 8.72. The van der Waals surface area contributed by atoms with Crippen LogP contribution in [0.25, 0.3) is 0 Å². The molecule has 1 aliphatic heterocycles. The van der Waals surface area contributed by atoms with Crippen LogP contribution in [0.3, 0.4) is 0 Å². The molecule has 2 fully saturated rings. The maximum Gasteiger partial charge on any atom is 0.119 e. The Morgan fingerprint density at radius 2 is 2.11 bits per heavy atom. The van der Waals surface area contributed by atoms with Crippen molar-refractivity contribution in [2.75, 3.05) is 19.7 Å². The second kappa shape index (κ2) is 5.63. The van der Waals surface area contributed by atoms with E-state index in [4.69, 9.17) is 10.00 Å². The number of nitrogens with zero attached hydrogens (tertiary/aromatic N) is 2. The standard InChI is InChI=1S/C16H20N2O/c17-11-13-5-7-15(8-6-13)19-10-2-9-18-12-14-3-1-4-16(14)18/h5-8,14,16H,1-4,9-10,12H2/t14-,16-/m1/s1. The summed E-state index contributed by atoms with van der Waals surface area (Å²) in [6.07, 6.45) is 5.36. The summed E-state index contributed by atoms with van der Waals surface area (Å²) in [5.74, 6) is 1.86. The van der Waals surface area contributed by atoms with Crippen molar-refractivity contribution in [2.45, 2.75) is 31.7 Å². The lowest BCUT2D eigenvalue weighted by molar-refractivity contribution is 0.0341. The number of fused-ring (bicyclic) bond motifs is 1. The second-order valence-electron chi connectivity index (χ2n) is 5.59. The van der Waals surface area contributed by atoms with Gasteiger partial charge in [-0.15, -0.1) is 0 Å². The normalized spacial score (nSPS) is 25.4. The highest BCUT2D eigenvalue weighted by Crippen LogP contribution is 2.38. The zero-order valence-electron chi connectivity index (χ0n) is 11.2. The highest BCUT2D eigenvalue weighted by molar-refractivity contribution is 5.34. The average Bonchev–Trinajstić information content (AvgIpc) is 2.80. The van der Waals surface area contributed by atoms with Crippen LogP contribution < -0.4 is 4.74 Å². The highest BCUT2D eigenvalue weighted by atomic mass is 16.5. The Balaban J connectivity index is 1.35. The lowest BCUT2D eigenvalue weighted by Crippen LogP contribution is -2.53. The van der Waals surface area contributed by atoms with Gasteiger partial charge in [-0.2, -0.15) is 5.26 Å². The lowest BCUT2D eigenvalue weighted by atomic mass is 9.92. The van der Waals surface area contributed by atoms with E-state index in [1.807, 2.05) is 12.1 Å². The Bertz CT molecular complexity index is 463. The summed E-state index contributed by atoms with van der Waals surface area (Å²) in [4.78, 5) is 2.61. The molecule has 1 saturated carbocycles. The van der Waals surface area contributed by atoms with Gasteiger partial charge in [0.05, 0.1) is 18.2 Å². The van der Waals surface area contributed by atoms with Crippen LogP contribution in [-0.2, 0) is 0 Å². The number of benzene rings is 1. The molecule has 3 nitrogen and oxygen atoms in total. The molecule has 1 aromatic rings. The molecule has 100 valence electrons. The Morgan fingerprint density at radius 1 is 1.26 bits per heavy atom. The van der Waals surface area contributed by atoms with Gasteiger partial charge in [-0.25, -0.2) is 0 Å². The molecule has 1 saturated heterocycles. The Morgan fingerprint density at radius 3 is 2.84 bits per heavy atom. The summed E-state index contributed by atoms with van der Waals surface area (Å²) >= 11 is 0. The molecule has 0 amide bonds. The predicted molar refractivity (Wildman–Crippen MR) is 74.0 cm³/mol. The summed E-state index contributed by atoms with van der Waals surface area (Å²) in [5.41, 5.74) is 0.681. The molecule has 1 aliphatic carbocycles. The maximum atomic E-state index is 8.72. The molecule has 0 radical (unpaired) electrons. The fourth-order valence-corrected chi connectivity index (χ4v) is 3.35. The third-order valence-electron chi connectivity index (χ3n) is 4.40. The largest absolute Gasteiger partial charge is 0.494 e. The van der Waals surface area contributed by atoms with E-state index in [-0.39, 0.29) is 0 Å². The number of rotatable bonds is 5. The molecular formula is C16H20N2O. The number of ether oxygens (including phenoxy) is 1. The first kappa shape index (κ1) is 12.5. The first-order valence-electron chi connectivity index (χ1n) is 7.24. The van der Waals surface area contributed by atoms with E-state index in [0.717, 1.165) is 37.3 Å². The number of hydrogen-bond acceptors (Lipinski definition) is 3. The molecule has 3 rings (SSSR count). The Kier molecular flexibility index (Phi) is 3.70. The van der Waals surface area contributed by atoms with E-state index >= 15 is 0 Å². The van der Waals surface area contributed by atoms with Crippen molar-refractivity contribution in [2.24, 2.45) is 5.92 Å². The van der Waals surface area contributed by atoms with Gasteiger partial charge in [0.2, 0.25) is 0 Å². The fraction of sp³-hybridized carbons (Fsp3) is 0.562. The van der Waals surface area contributed by atoms with Gasteiger partial charge in [-0.1, -0.05) is 6.42 Å². The van der Waals surface area contributed by atoms with Gasteiger partial charge in [0.1, 0.15) is 5.75 Å². The van der Waals surface area contributed by atoms with Crippen molar-refractivity contribution in [3.05, 3.63) is 29.8 Å². The van der Waals surface area contributed by atoms with Gasteiger partial charge in [-0.3, -0.25) is 4.90 Å². The molecule has 0 N–H and O–H groups in total. The molecule has 1 aromatic carbocycles. The second-order valence-corrected chi connectivity index (χ2v) is 5.59. The topological polar surface area (TPSA) is 36.3 Å². The average molecular weight is 256 g/mol. The van der Waals surface area contributed by atoms with Crippen molar-refractivity contribution in [1.29, 1.82) is 5.26 Å². The molecule has 2 aliphatic rings. The van der Waals surface area contributed by atoms with Crippen LogP contribution in [0.5, 0.6) is 5.75 Å². The van der Waals surface area contributed by atoms with Crippen LogP contribution in [0.2, 0.25) is 0 Å². The zero-order chi connectivity index (χ0) is 13.1. The molecule has 1 heterocycles. The number of likely N-dealkylation sites (tertiary alicyclic amines) is 1. The van der Waals surface area contributed by atoms with Crippen LogP contribution in [0.4, 0.5) is 0 Å². The smallest absolute Gasteiger partial charge is 0.119 e. The first-order chi connectivity index (χ1) is 9.36. The minimum absolute atomic E-state index is 0.681. The molecule has 0 unspecified atom stereocenters. The van der Waals surface area contributed by atoms with Gasteiger partial charge in [0, 0.05) is 19.1 Å². The molecule has 2 atom stereocenters. The van der Waals surface area contributed by atoms with Gasteiger partial charge in [0.25, 0.3) is 0 Å². The van der Waals surface area contributed by atoms with Crippen molar-refractivity contribution in [1.82, 2.24) is 4.90 Å². The minimum Gasteiger partial charge on any atom is -0.494 e. The van der Waals surface area contributed by atoms with E-state index in [1.54, 1.807) is 12.1 Å². The number of hydrogen-bond donors (Lipinski definition) is 0. The van der Waals surface area contributed by atoms with Crippen LogP contribution in [0.1, 0.15) is 31.2 Å². The van der Waals surface area contributed by atoms with Gasteiger partial charge in [0.15, 0.2) is 0 Å². The van der Waals surface area contributed by atoms with Crippen LogP contribution in [-0.4, -0.2) is 30.6 Å². The van der Waals surface area contributed by atoms with Crippen LogP contribution in [0.15, 0.2) is 24.3 Å². The monoisotopic (exact) mass is 256 g/mol. The van der Waals surface area contributed by atoms with E-state index in [1.165, 1.54) is 25.8 Å². The SMILES string of the molecule is N#Cc1ccc(OCCCN2C[C@H]3CCC[C@H]32)cc1. The predicted octanol–water partition coefficient (Wildman–Crippen LogP) is 2.81. The molecule has 0 spiro atoms. The Labute approximate surface area is 114 Å². The lowest BCUT2D eigenvalue weighted by Gasteiger charge is -2.44. The van der Waals surface area contributed by atoms with Crippen LogP contribution >= 0.6 is 0 Å². The van der Waals surface area contributed by atoms with E-state index in [2.05, 4.69) is 11.0 Å². The highest BCUT2D eigenvalue weighted by Gasteiger charge is 2.41. The minimum atomic E-state index is 0.681. The summed E-state index contributed by atoms with van der Waals surface area (Å²) in [7, 11) is 0. The van der Waals surface area contributed by atoms with Crippen molar-refractivity contribution >= 4 is 0 Å². The molecule has 0 aromatic heterocycles. The third-order valence-corrected chi connectivity index (χ3v) is 4.40. The van der Waals surface area contributed by atoms with Crippen molar-refractivity contribution < 1.29 is 4.74 Å². The molecule has 0 bridgehead atoms. The van der Waals surface area contributed by atoms with Gasteiger partial charge >= 0.3 is 0 Å². The molecule has 3 heteroatoms. The van der Waals surface area contributed by atoms with E-state index in [0.29, 0.717) is 5.56 Å². The zero-order valence-corrected chi connectivity index (χ0v) is 11.2. The first-order valence-corrected chi connectivity index (χ1v) is 7.24. The number of nitriles is 1. The molecular weight excluding hydrogens is 236 g/mol. The summed E-state index contributed by atoms with van der Waals surface area (Å²) < 4.78 is 5.70. The summed E-state index contributed by atoms with van der Waals surface area (Å²) in [6.45, 7) is 3.23. The Hall–Kier alpha value is -1.53. The van der Waals surface area contributed by atoms with Crippen LogP contribution in [0, 0.1) is 17.2 Å². The third kappa shape index (κ3) is 2.74. The fourth-order valence-electron chi connectivity index (χ4n) is 3.35. The van der Waals surface area contributed by atoms with Gasteiger partial charge in [-0.05, 0) is 49.4 Å². The summed E-state index contributed by atoms with van der Waals surface area (Å²) in [6, 6.07) is 10.3. The van der Waals surface area contributed by atoms with Gasteiger partial charge < -0.3 is 4.74 Å². The summed E-state index contributed by atoms with van der Waals surface area (Å²) in [5, 5.41) is 8.72. The van der Waals surface area contributed by atoms with E-state index < -0.39 is 0 Å².